The van der Waals surface area contributed by atoms with Crippen molar-refractivity contribution in [2.24, 2.45) is 0 Å². The first-order chi connectivity index (χ1) is 13.8. The molecule has 160 valence electrons. The van der Waals surface area contributed by atoms with E-state index < -0.39 is 21.8 Å². The Kier molecular flexibility index (Phi) is 7.68. The number of benzene rings is 1. The minimum absolute atomic E-state index is 0. The molecule has 0 saturated heterocycles. The molecule has 1 aliphatic rings. The second kappa shape index (κ2) is 9.50. The Hall–Kier alpha value is -2.22. The smallest absolute Gasteiger partial charge is 0.550 e. The Morgan fingerprint density at radius 1 is 1.29 bits per heavy atom. The number of likely N-dealkylation sites (N-methyl/N-ethyl adjacent to an activating group) is 1. The summed E-state index contributed by atoms with van der Waals surface area (Å²) in [6.45, 7) is 0.354. The summed E-state index contributed by atoms with van der Waals surface area (Å²) in [5.41, 5.74) is 2.17. The van der Waals surface area contributed by atoms with Gasteiger partial charge in [0.25, 0.3) is 0 Å². The molecule has 0 radical (unpaired) electrons. The van der Waals surface area contributed by atoms with Crippen molar-refractivity contribution in [3.63, 3.8) is 0 Å². The third-order valence-corrected chi connectivity index (χ3v) is 7.40. The number of aromatic nitrogens is 2. The van der Waals surface area contributed by atoms with E-state index in [1.807, 2.05) is 10.6 Å². The molecule has 4 rings (SSSR count). The van der Waals surface area contributed by atoms with Gasteiger partial charge in [-0.3, -0.25) is 0 Å². The number of sulfonamides is 1. The Morgan fingerprint density at radius 2 is 1.97 bits per heavy atom. The molecule has 1 aliphatic heterocycles. The molecule has 2 aromatic heterocycles. The van der Waals surface area contributed by atoms with Gasteiger partial charge >= 0.3 is 18.9 Å². The molecule has 8 nitrogen and oxygen atoms in total. The molecule has 0 bridgehead atoms. The van der Waals surface area contributed by atoms with Gasteiger partial charge in [0.1, 0.15) is 11.5 Å². The van der Waals surface area contributed by atoms with Crippen LogP contribution < -0.4 is 24.0 Å². The van der Waals surface area contributed by atoms with Gasteiger partial charge in [-0.15, -0.1) is 0 Å². The summed E-state index contributed by atoms with van der Waals surface area (Å²) in [6.07, 6.45) is 2.47. The van der Waals surface area contributed by atoms with Gasteiger partial charge in [0.15, 0.2) is 0 Å². The standard InChI is InChI=1S/C20H20FN3O4S.Li.H2O/c1-23(29(27,28)15-7-4-13(21)5-8-15)14-6-9-18-17(11-19(25)26)16-3-2-10-22-20(16)24(18)12-14;;/h2-5,7-8,10,14H,6,9,11-12H2,1H3,(H,25,26);;1H2/q;+1;/p-1/t14-;;/m1../s1. The van der Waals surface area contributed by atoms with Crippen molar-refractivity contribution in [3.8, 4) is 0 Å². The molecule has 31 heavy (non-hydrogen) atoms. The van der Waals surface area contributed by atoms with E-state index in [-0.39, 0.29) is 41.7 Å². The number of halogens is 1. The molecule has 1 aromatic carbocycles. The average molecular weight is 441 g/mol. The van der Waals surface area contributed by atoms with Crippen molar-refractivity contribution in [2.75, 3.05) is 7.05 Å². The fraction of sp³-hybridized carbons (Fsp3) is 0.300. The third-order valence-electron chi connectivity index (χ3n) is 5.48. The van der Waals surface area contributed by atoms with Crippen LogP contribution in [0.25, 0.3) is 11.0 Å². The van der Waals surface area contributed by atoms with Crippen LogP contribution in [-0.4, -0.2) is 46.8 Å². The molecule has 2 N–H and O–H groups in total. The first kappa shape index (κ1) is 25.0. The van der Waals surface area contributed by atoms with Gasteiger partial charge in [0.05, 0.1) is 4.90 Å². The molecule has 0 spiro atoms. The number of carbonyl (C=O) groups excluding carboxylic acids is 1. The molecule has 0 fully saturated rings. The average Bonchev–Trinajstić information content (AvgIpc) is 3.00. The van der Waals surface area contributed by atoms with Crippen LogP contribution in [0.4, 0.5) is 4.39 Å². The van der Waals surface area contributed by atoms with E-state index in [1.54, 1.807) is 12.3 Å². The molecule has 1 atom stereocenters. The van der Waals surface area contributed by atoms with Crippen molar-refractivity contribution >= 4 is 27.0 Å². The summed E-state index contributed by atoms with van der Waals surface area (Å²) < 4.78 is 42.3. The zero-order chi connectivity index (χ0) is 20.8. The second-order valence-electron chi connectivity index (χ2n) is 7.13. The van der Waals surface area contributed by atoms with Gasteiger partial charge in [0, 0.05) is 49.3 Å². The first-order valence-electron chi connectivity index (χ1n) is 9.17. The normalized spacial score (nSPS) is 15.8. The van der Waals surface area contributed by atoms with Crippen molar-refractivity contribution in [1.29, 1.82) is 0 Å². The minimum Gasteiger partial charge on any atom is -0.550 e. The number of nitrogens with zero attached hydrogens (tertiary/aromatic N) is 3. The Balaban J connectivity index is 0.00000171. The maximum Gasteiger partial charge on any atom is 1.00 e. The molecular weight excluding hydrogens is 420 g/mol. The number of hydrogen-bond acceptors (Lipinski definition) is 5. The zero-order valence-electron chi connectivity index (χ0n) is 17.2. The quantitative estimate of drug-likeness (QED) is 0.398. The van der Waals surface area contributed by atoms with Gasteiger partial charge in [-0.2, -0.15) is 4.31 Å². The van der Waals surface area contributed by atoms with Crippen LogP contribution in [0.15, 0.2) is 47.5 Å². The summed E-state index contributed by atoms with van der Waals surface area (Å²) in [5, 5.41) is 12.0. The number of carboxylic acids is 1. The topological polar surface area (TPSA) is 127 Å². The number of carboxylic acid groups (broad SMARTS) is 1. The Bertz CT molecular complexity index is 1200. The van der Waals surface area contributed by atoms with E-state index in [0.717, 1.165) is 23.2 Å². The van der Waals surface area contributed by atoms with E-state index in [4.69, 9.17) is 0 Å². The van der Waals surface area contributed by atoms with E-state index in [9.17, 15) is 22.7 Å². The summed E-state index contributed by atoms with van der Waals surface area (Å²) >= 11 is 0. The molecule has 11 heteroatoms. The van der Waals surface area contributed by atoms with Gasteiger partial charge in [-0.25, -0.2) is 17.8 Å². The van der Waals surface area contributed by atoms with E-state index in [2.05, 4.69) is 4.98 Å². The van der Waals surface area contributed by atoms with Crippen molar-refractivity contribution in [3.05, 3.63) is 59.7 Å². The van der Waals surface area contributed by atoms with Crippen LogP contribution in [-0.2, 0) is 34.2 Å². The monoisotopic (exact) mass is 441 g/mol. The number of pyridine rings is 1. The van der Waals surface area contributed by atoms with Crippen molar-refractivity contribution in [2.45, 2.75) is 36.7 Å². The number of carbonyl (C=O) groups is 1. The molecule has 0 saturated carbocycles. The molecule has 0 aliphatic carbocycles. The van der Waals surface area contributed by atoms with Gasteiger partial charge in [-0.1, -0.05) is 0 Å². The minimum atomic E-state index is -3.79. The fourth-order valence-corrected chi connectivity index (χ4v) is 5.37. The third kappa shape index (κ3) is 4.54. The Morgan fingerprint density at radius 3 is 2.61 bits per heavy atom. The molecule has 0 amide bonds. The summed E-state index contributed by atoms with van der Waals surface area (Å²) in [6, 6.07) is 7.96. The van der Waals surface area contributed by atoms with Crippen molar-refractivity contribution in [1.82, 2.24) is 13.9 Å². The zero-order valence-corrected chi connectivity index (χ0v) is 18.0. The Labute approximate surface area is 191 Å². The molecular formula is C20H21FLiN3O5S. The predicted molar refractivity (Wildman–Crippen MR) is 106 cm³/mol. The van der Waals surface area contributed by atoms with E-state index >= 15 is 0 Å². The number of aliphatic carboxylic acids is 1. The van der Waals surface area contributed by atoms with Crippen molar-refractivity contribution < 1.29 is 47.0 Å². The molecule has 0 unspecified atom stereocenters. The maximum atomic E-state index is 13.2. The number of hydrogen-bond donors (Lipinski definition) is 0. The molecule has 3 heterocycles. The van der Waals surface area contributed by atoms with Crippen LogP contribution in [0.1, 0.15) is 17.7 Å². The van der Waals surface area contributed by atoms with E-state index in [1.165, 1.54) is 23.5 Å². The largest absolute Gasteiger partial charge is 1.00 e. The number of fused-ring (bicyclic) bond motifs is 3. The second-order valence-corrected chi connectivity index (χ2v) is 9.12. The summed E-state index contributed by atoms with van der Waals surface area (Å²) in [7, 11) is -2.29. The van der Waals surface area contributed by atoms with Crippen LogP contribution in [0, 0.1) is 5.82 Å². The van der Waals surface area contributed by atoms with Crippen LogP contribution in [0.3, 0.4) is 0 Å². The number of rotatable bonds is 5. The molecule has 3 aromatic rings. The first-order valence-corrected chi connectivity index (χ1v) is 10.6. The SMILES string of the molecule is CN([C@@H]1CCc2c(CC(=O)[O-])c3cccnc3n2C1)S(=O)(=O)c1ccc(F)cc1.O.[Li+]. The van der Waals surface area contributed by atoms with Crippen LogP contribution in [0.5, 0.6) is 0 Å². The van der Waals surface area contributed by atoms with Gasteiger partial charge in [-0.05, 0) is 54.8 Å². The summed E-state index contributed by atoms with van der Waals surface area (Å²) in [5.74, 6) is -1.67. The van der Waals surface area contributed by atoms with E-state index in [0.29, 0.717) is 30.6 Å². The van der Waals surface area contributed by atoms with Crippen LogP contribution >= 0.6 is 0 Å². The maximum absolute atomic E-state index is 13.2. The predicted octanol–water partition coefficient (Wildman–Crippen LogP) is -2.72. The van der Waals surface area contributed by atoms with Gasteiger partial charge in [0.2, 0.25) is 10.0 Å². The van der Waals surface area contributed by atoms with Crippen LogP contribution in [0.2, 0.25) is 0 Å². The summed E-state index contributed by atoms with van der Waals surface area (Å²) in [4.78, 5) is 15.6. The fourth-order valence-electron chi connectivity index (χ4n) is 3.99. The van der Waals surface area contributed by atoms with Gasteiger partial charge < -0.3 is 19.9 Å².